The van der Waals surface area contributed by atoms with Crippen molar-refractivity contribution in [3.63, 3.8) is 0 Å². The third-order valence-corrected chi connectivity index (χ3v) is 3.33. The highest BCUT2D eigenvalue weighted by atomic mass is 19.1. The van der Waals surface area contributed by atoms with Gasteiger partial charge in [-0.2, -0.15) is 0 Å². The van der Waals surface area contributed by atoms with Crippen LogP contribution in [0.15, 0.2) is 47.3 Å². The third kappa shape index (κ3) is 2.11. The van der Waals surface area contributed by atoms with Crippen LogP contribution in [0.5, 0.6) is 0 Å². The number of halogens is 2. The first-order valence-corrected chi connectivity index (χ1v) is 6.58. The third-order valence-electron chi connectivity index (χ3n) is 3.33. The Morgan fingerprint density at radius 3 is 2.48 bits per heavy atom. The van der Waals surface area contributed by atoms with Crippen molar-refractivity contribution in [1.82, 2.24) is 9.55 Å². The highest BCUT2D eigenvalue weighted by Gasteiger charge is 2.16. The molecule has 0 spiro atoms. The summed E-state index contributed by atoms with van der Waals surface area (Å²) < 4.78 is 29.1. The fourth-order valence-corrected chi connectivity index (χ4v) is 2.35. The number of fused-ring (bicyclic) bond motifs is 1. The molecule has 0 amide bonds. The van der Waals surface area contributed by atoms with Gasteiger partial charge in [-0.25, -0.2) is 13.8 Å². The predicted molar refractivity (Wildman–Crippen MR) is 76.6 cm³/mol. The molecule has 0 aliphatic rings. The Bertz CT molecular complexity index is 887. The molecule has 5 heteroatoms. The van der Waals surface area contributed by atoms with Gasteiger partial charge in [0.2, 0.25) is 0 Å². The number of para-hydroxylation sites is 1. The molecule has 0 aliphatic heterocycles. The second-order valence-corrected chi connectivity index (χ2v) is 4.61. The molecule has 0 bridgehead atoms. The number of rotatable bonds is 2. The van der Waals surface area contributed by atoms with Crippen LogP contribution in [0.2, 0.25) is 0 Å². The van der Waals surface area contributed by atoms with Crippen molar-refractivity contribution in [2.24, 2.45) is 0 Å². The van der Waals surface area contributed by atoms with E-state index < -0.39 is 17.2 Å². The topological polar surface area (TPSA) is 34.9 Å². The van der Waals surface area contributed by atoms with Gasteiger partial charge in [-0.1, -0.05) is 25.1 Å². The Labute approximate surface area is 119 Å². The second kappa shape index (κ2) is 5.09. The van der Waals surface area contributed by atoms with E-state index in [1.54, 1.807) is 12.1 Å². The largest absolute Gasteiger partial charge is 0.269 e. The van der Waals surface area contributed by atoms with Gasteiger partial charge in [0, 0.05) is 6.42 Å². The number of aromatic nitrogens is 2. The van der Waals surface area contributed by atoms with Crippen LogP contribution in [0.1, 0.15) is 12.7 Å². The Morgan fingerprint density at radius 1 is 1.05 bits per heavy atom. The van der Waals surface area contributed by atoms with Crippen LogP contribution in [0.25, 0.3) is 16.6 Å². The van der Waals surface area contributed by atoms with E-state index in [9.17, 15) is 13.6 Å². The molecule has 1 heterocycles. The normalized spacial score (nSPS) is 11.0. The molecule has 0 unspecified atom stereocenters. The summed E-state index contributed by atoms with van der Waals surface area (Å²) in [7, 11) is 0. The maximum Gasteiger partial charge on any atom is 0.269 e. The summed E-state index contributed by atoms with van der Waals surface area (Å²) in [5.74, 6) is -0.812. The van der Waals surface area contributed by atoms with Gasteiger partial charge in [-0.05, 0) is 24.3 Å². The highest BCUT2D eigenvalue weighted by molar-refractivity contribution is 5.78. The average Bonchev–Trinajstić information content (AvgIpc) is 2.48. The van der Waals surface area contributed by atoms with Crippen molar-refractivity contribution in [1.29, 1.82) is 0 Å². The molecular weight excluding hydrogens is 274 g/mol. The van der Waals surface area contributed by atoms with Gasteiger partial charge in [0.05, 0.1) is 11.2 Å². The zero-order valence-corrected chi connectivity index (χ0v) is 11.3. The van der Waals surface area contributed by atoms with Gasteiger partial charge >= 0.3 is 0 Å². The molecule has 2 aromatic carbocycles. The van der Waals surface area contributed by atoms with Crippen LogP contribution in [0, 0.1) is 11.6 Å². The summed E-state index contributed by atoms with van der Waals surface area (Å²) in [5, 5.41) is -0.127. The predicted octanol–water partition coefficient (Wildman–Crippen LogP) is 3.23. The number of hydrogen-bond donors (Lipinski definition) is 0. The zero-order valence-electron chi connectivity index (χ0n) is 11.3. The van der Waals surface area contributed by atoms with Crippen molar-refractivity contribution in [2.45, 2.75) is 13.3 Å². The SMILES string of the molecule is CCc1nc2cccc(F)c2c(=O)n1-c1ccccc1F. The van der Waals surface area contributed by atoms with Crippen molar-refractivity contribution in [2.75, 3.05) is 0 Å². The van der Waals surface area contributed by atoms with Crippen LogP contribution in [-0.2, 0) is 6.42 Å². The highest BCUT2D eigenvalue weighted by Crippen LogP contribution is 2.17. The minimum atomic E-state index is -0.655. The van der Waals surface area contributed by atoms with E-state index >= 15 is 0 Å². The first kappa shape index (κ1) is 13.4. The average molecular weight is 286 g/mol. The Kier molecular flexibility index (Phi) is 3.25. The fraction of sp³-hybridized carbons (Fsp3) is 0.125. The fourth-order valence-electron chi connectivity index (χ4n) is 2.35. The molecule has 0 radical (unpaired) electrons. The number of nitrogens with zero attached hydrogens (tertiary/aromatic N) is 2. The van der Waals surface area contributed by atoms with Crippen molar-refractivity contribution in [3.8, 4) is 5.69 Å². The molecule has 3 aromatic rings. The lowest BCUT2D eigenvalue weighted by atomic mass is 10.2. The quantitative estimate of drug-likeness (QED) is 0.725. The van der Waals surface area contributed by atoms with Crippen LogP contribution < -0.4 is 5.56 Å². The molecule has 21 heavy (non-hydrogen) atoms. The van der Waals surface area contributed by atoms with Gasteiger partial charge in [-0.3, -0.25) is 9.36 Å². The van der Waals surface area contributed by atoms with Crippen molar-refractivity contribution >= 4 is 10.9 Å². The first-order chi connectivity index (χ1) is 10.1. The molecule has 0 aliphatic carbocycles. The van der Waals surface area contributed by atoms with Crippen LogP contribution in [0.4, 0.5) is 8.78 Å². The Balaban J connectivity index is 2.48. The second-order valence-electron chi connectivity index (χ2n) is 4.61. The number of benzene rings is 2. The summed E-state index contributed by atoms with van der Waals surface area (Å²) in [4.78, 5) is 16.9. The van der Waals surface area contributed by atoms with E-state index in [0.717, 1.165) is 4.57 Å². The van der Waals surface area contributed by atoms with Gasteiger partial charge in [0.25, 0.3) is 5.56 Å². The van der Waals surface area contributed by atoms with Gasteiger partial charge in [-0.15, -0.1) is 0 Å². The monoisotopic (exact) mass is 286 g/mol. The van der Waals surface area contributed by atoms with E-state index in [1.807, 2.05) is 6.92 Å². The van der Waals surface area contributed by atoms with E-state index in [1.165, 1.54) is 30.3 Å². The smallest absolute Gasteiger partial charge is 0.268 e. The number of hydrogen-bond acceptors (Lipinski definition) is 2. The molecule has 106 valence electrons. The molecule has 3 nitrogen and oxygen atoms in total. The molecule has 0 fully saturated rings. The molecule has 0 saturated carbocycles. The summed E-state index contributed by atoms with van der Waals surface area (Å²) in [5.41, 5.74) is -0.235. The lowest BCUT2D eigenvalue weighted by Crippen LogP contribution is -2.25. The summed E-state index contributed by atoms with van der Waals surface area (Å²) in [6.07, 6.45) is 0.427. The molecule has 3 rings (SSSR count). The maximum atomic E-state index is 14.0. The van der Waals surface area contributed by atoms with Gasteiger partial charge in [0.15, 0.2) is 0 Å². The zero-order chi connectivity index (χ0) is 15.0. The molecule has 0 N–H and O–H groups in total. The Hall–Kier alpha value is -2.56. The van der Waals surface area contributed by atoms with E-state index in [2.05, 4.69) is 4.98 Å². The van der Waals surface area contributed by atoms with Crippen molar-refractivity contribution in [3.05, 3.63) is 70.3 Å². The van der Waals surface area contributed by atoms with E-state index in [-0.39, 0.29) is 16.6 Å². The van der Waals surface area contributed by atoms with E-state index in [4.69, 9.17) is 0 Å². The Morgan fingerprint density at radius 2 is 1.76 bits per heavy atom. The molecular formula is C16H12F2N2O. The standard InChI is InChI=1S/C16H12F2N2O/c1-2-14-19-12-8-5-7-11(18)15(12)16(21)20(14)13-9-4-3-6-10(13)17/h3-9H,2H2,1H3. The van der Waals surface area contributed by atoms with Crippen LogP contribution in [-0.4, -0.2) is 9.55 Å². The summed E-state index contributed by atoms with van der Waals surface area (Å²) in [6.45, 7) is 1.81. The first-order valence-electron chi connectivity index (χ1n) is 6.58. The van der Waals surface area contributed by atoms with Crippen LogP contribution in [0.3, 0.4) is 0 Å². The lowest BCUT2D eigenvalue weighted by Gasteiger charge is -2.13. The number of aryl methyl sites for hydroxylation is 1. The van der Waals surface area contributed by atoms with Crippen molar-refractivity contribution < 1.29 is 8.78 Å². The minimum absolute atomic E-state index is 0.0806. The molecule has 0 atom stereocenters. The molecule has 1 aromatic heterocycles. The summed E-state index contributed by atoms with van der Waals surface area (Å²) >= 11 is 0. The van der Waals surface area contributed by atoms with E-state index in [0.29, 0.717) is 12.2 Å². The van der Waals surface area contributed by atoms with Gasteiger partial charge in [0.1, 0.15) is 22.8 Å². The van der Waals surface area contributed by atoms with Gasteiger partial charge < -0.3 is 0 Å². The minimum Gasteiger partial charge on any atom is -0.268 e. The summed E-state index contributed by atoms with van der Waals surface area (Å²) in [6, 6.07) is 10.2. The molecule has 0 saturated heterocycles. The van der Waals surface area contributed by atoms with Crippen LogP contribution >= 0.6 is 0 Å². The lowest BCUT2D eigenvalue weighted by molar-refractivity contribution is 0.609. The maximum absolute atomic E-state index is 14.0.